The fraction of sp³-hybridized carbons (Fsp3) is 0.222. The van der Waals surface area contributed by atoms with Crippen LogP contribution < -0.4 is 20.1 Å². The van der Waals surface area contributed by atoms with Crippen LogP contribution in [0.2, 0.25) is 5.02 Å². The van der Waals surface area contributed by atoms with E-state index < -0.39 is 0 Å². The summed E-state index contributed by atoms with van der Waals surface area (Å²) >= 11 is 5.86. The predicted octanol–water partition coefficient (Wildman–Crippen LogP) is 2.52. The Bertz CT molecular complexity index is 742. The molecule has 0 heterocycles. The van der Waals surface area contributed by atoms with Crippen LogP contribution >= 0.6 is 11.6 Å². The maximum atomic E-state index is 12.4. The van der Waals surface area contributed by atoms with Crippen molar-refractivity contribution < 1.29 is 19.1 Å². The van der Waals surface area contributed by atoms with Gasteiger partial charge in [-0.15, -0.1) is 0 Å². The molecule has 2 N–H and O–H groups in total. The Balaban J connectivity index is 1.90. The first kappa shape index (κ1) is 18.6. The highest BCUT2D eigenvalue weighted by Crippen LogP contribution is 2.27. The van der Waals surface area contributed by atoms with Gasteiger partial charge in [-0.2, -0.15) is 0 Å². The maximum absolute atomic E-state index is 12.4. The zero-order valence-corrected chi connectivity index (χ0v) is 14.7. The van der Waals surface area contributed by atoms with E-state index in [0.29, 0.717) is 27.6 Å². The van der Waals surface area contributed by atoms with Crippen LogP contribution in [0.15, 0.2) is 42.5 Å². The number of hydrogen-bond acceptors (Lipinski definition) is 4. The molecule has 0 atom stereocenters. The summed E-state index contributed by atoms with van der Waals surface area (Å²) in [6.45, 7) is 0.529. The van der Waals surface area contributed by atoms with Crippen LogP contribution in [0, 0.1) is 0 Å². The van der Waals surface area contributed by atoms with E-state index in [1.54, 1.807) is 42.5 Å². The molecule has 7 heteroatoms. The Hall–Kier alpha value is -2.73. The molecule has 0 aliphatic carbocycles. The van der Waals surface area contributed by atoms with Crippen molar-refractivity contribution in [2.24, 2.45) is 0 Å². The molecule has 2 amide bonds. The molecule has 0 fully saturated rings. The molecule has 0 bridgehead atoms. The van der Waals surface area contributed by atoms with Gasteiger partial charge in [0.1, 0.15) is 17.1 Å². The average molecular weight is 363 g/mol. The minimum absolute atomic E-state index is 0.256. The lowest BCUT2D eigenvalue weighted by Crippen LogP contribution is -2.35. The Morgan fingerprint density at radius 1 is 0.920 bits per heavy atom. The highest BCUT2D eigenvalue weighted by Gasteiger charge is 2.17. The van der Waals surface area contributed by atoms with Gasteiger partial charge in [0.15, 0.2) is 0 Å². The molecule has 0 saturated carbocycles. The molecule has 0 radical (unpaired) electrons. The fourth-order valence-electron chi connectivity index (χ4n) is 2.25. The molecule has 6 nitrogen and oxygen atoms in total. The third kappa shape index (κ3) is 4.87. The Morgan fingerprint density at radius 3 is 2.04 bits per heavy atom. The van der Waals surface area contributed by atoms with Gasteiger partial charge in [-0.3, -0.25) is 9.59 Å². The van der Waals surface area contributed by atoms with E-state index in [2.05, 4.69) is 10.6 Å². The summed E-state index contributed by atoms with van der Waals surface area (Å²) in [5, 5.41) is 5.93. The molecule has 0 saturated heterocycles. The quantitative estimate of drug-likeness (QED) is 0.742. The van der Waals surface area contributed by atoms with E-state index in [1.807, 2.05) is 0 Å². The van der Waals surface area contributed by atoms with Crippen LogP contribution in [0.4, 0.5) is 0 Å². The van der Waals surface area contributed by atoms with Crippen LogP contribution in [0.1, 0.15) is 20.7 Å². The predicted molar refractivity (Wildman–Crippen MR) is 95.7 cm³/mol. The SMILES string of the molecule is COc1cccc(OC)c1C(=O)NCCNC(=O)c1cccc(Cl)c1. The van der Waals surface area contributed by atoms with Crippen LogP contribution in [0.5, 0.6) is 11.5 Å². The van der Waals surface area contributed by atoms with Gasteiger partial charge >= 0.3 is 0 Å². The van der Waals surface area contributed by atoms with Crippen molar-refractivity contribution in [3.8, 4) is 11.5 Å². The fourth-order valence-corrected chi connectivity index (χ4v) is 2.44. The second kappa shape index (κ2) is 8.94. The largest absolute Gasteiger partial charge is 0.496 e. The first-order valence-electron chi connectivity index (χ1n) is 7.59. The summed E-state index contributed by atoms with van der Waals surface area (Å²) < 4.78 is 10.4. The lowest BCUT2D eigenvalue weighted by Gasteiger charge is -2.13. The summed E-state index contributed by atoms with van der Waals surface area (Å²) in [7, 11) is 2.97. The number of hydrogen-bond donors (Lipinski definition) is 2. The van der Waals surface area contributed by atoms with Crippen molar-refractivity contribution in [3.05, 3.63) is 58.6 Å². The highest BCUT2D eigenvalue weighted by molar-refractivity contribution is 6.30. The number of carbonyl (C=O) groups excluding carboxylic acids is 2. The maximum Gasteiger partial charge on any atom is 0.258 e. The van der Waals surface area contributed by atoms with E-state index in [4.69, 9.17) is 21.1 Å². The molecule has 0 aromatic heterocycles. The van der Waals surface area contributed by atoms with Crippen molar-refractivity contribution in [2.75, 3.05) is 27.3 Å². The Morgan fingerprint density at radius 2 is 1.48 bits per heavy atom. The molecule has 132 valence electrons. The second-order valence-electron chi connectivity index (χ2n) is 5.06. The third-order valence-electron chi connectivity index (χ3n) is 3.44. The molecule has 2 rings (SSSR count). The standard InChI is InChI=1S/C18H19ClN2O4/c1-24-14-7-4-8-15(25-2)16(14)18(23)21-10-9-20-17(22)12-5-3-6-13(19)11-12/h3-8,11H,9-10H2,1-2H3,(H,20,22)(H,21,23). The molecule has 25 heavy (non-hydrogen) atoms. The van der Waals surface area contributed by atoms with Crippen molar-refractivity contribution >= 4 is 23.4 Å². The van der Waals surface area contributed by atoms with Crippen LogP contribution in [-0.2, 0) is 0 Å². The number of methoxy groups -OCH3 is 2. The zero-order chi connectivity index (χ0) is 18.2. The molecule has 0 spiro atoms. The third-order valence-corrected chi connectivity index (χ3v) is 3.67. The highest BCUT2D eigenvalue weighted by atomic mass is 35.5. The van der Waals surface area contributed by atoms with Gasteiger partial charge in [0.25, 0.3) is 11.8 Å². The van der Waals surface area contributed by atoms with Crippen LogP contribution in [-0.4, -0.2) is 39.1 Å². The van der Waals surface area contributed by atoms with Gasteiger partial charge in [-0.25, -0.2) is 0 Å². The first-order valence-corrected chi connectivity index (χ1v) is 7.97. The summed E-state index contributed by atoms with van der Waals surface area (Å²) in [6.07, 6.45) is 0. The van der Waals surface area contributed by atoms with Gasteiger partial charge in [0.05, 0.1) is 14.2 Å². The topological polar surface area (TPSA) is 76.7 Å². The minimum Gasteiger partial charge on any atom is -0.496 e. The normalized spacial score (nSPS) is 10.0. The van der Waals surface area contributed by atoms with Crippen molar-refractivity contribution in [3.63, 3.8) is 0 Å². The van der Waals surface area contributed by atoms with Gasteiger partial charge in [-0.05, 0) is 30.3 Å². The molecule has 0 aliphatic heterocycles. The van der Waals surface area contributed by atoms with E-state index in [0.717, 1.165) is 0 Å². The average Bonchev–Trinajstić information content (AvgIpc) is 2.64. The number of rotatable bonds is 7. The number of benzene rings is 2. The van der Waals surface area contributed by atoms with Gasteiger partial charge in [0.2, 0.25) is 0 Å². The molecule has 2 aromatic rings. The zero-order valence-electron chi connectivity index (χ0n) is 14.0. The minimum atomic E-state index is -0.341. The molecule has 2 aromatic carbocycles. The van der Waals surface area contributed by atoms with Gasteiger partial charge in [0, 0.05) is 23.7 Å². The summed E-state index contributed by atoms with van der Waals surface area (Å²) in [6, 6.07) is 11.7. The summed E-state index contributed by atoms with van der Waals surface area (Å²) in [5.74, 6) is 0.234. The van der Waals surface area contributed by atoms with E-state index in [1.165, 1.54) is 14.2 Å². The molecule has 0 aliphatic rings. The Kier molecular flexibility index (Phi) is 6.65. The molecule has 0 unspecified atom stereocenters. The summed E-state index contributed by atoms with van der Waals surface area (Å²) in [4.78, 5) is 24.4. The molecular weight excluding hydrogens is 344 g/mol. The van der Waals surface area contributed by atoms with E-state index in [-0.39, 0.29) is 24.9 Å². The monoisotopic (exact) mass is 362 g/mol. The first-order chi connectivity index (χ1) is 12.1. The van der Waals surface area contributed by atoms with E-state index in [9.17, 15) is 9.59 Å². The smallest absolute Gasteiger partial charge is 0.258 e. The van der Waals surface area contributed by atoms with Crippen LogP contribution in [0.25, 0.3) is 0 Å². The number of ether oxygens (including phenoxy) is 2. The number of nitrogens with one attached hydrogen (secondary N) is 2. The molecular formula is C18H19ClN2O4. The second-order valence-corrected chi connectivity index (χ2v) is 5.50. The van der Waals surface area contributed by atoms with Crippen LogP contribution in [0.3, 0.4) is 0 Å². The number of halogens is 1. The van der Waals surface area contributed by atoms with Gasteiger partial charge < -0.3 is 20.1 Å². The lowest BCUT2D eigenvalue weighted by atomic mass is 10.1. The Labute approximate surface area is 151 Å². The van der Waals surface area contributed by atoms with Crippen molar-refractivity contribution in [1.29, 1.82) is 0 Å². The number of carbonyl (C=O) groups is 2. The van der Waals surface area contributed by atoms with E-state index >= 15 is 0 Å². The lowest BCUT2D eigenvalue weighted by molar-refractivity contribution is 0.0924. The van der Waals surface area contributed by atoms with Crippen molar-refractivity contribution in [2.45, 2.75) is 0 Å². The number of amides is 2. The van der Waals surface area contributed by atoms with Gasteiger partial charge in [-0.1, -0.05) is 23.7 Å². The summed E-state index contributed by atoms with van der Waals surface area (Å²) in [5.41, 5.74) is 0.777. The van der Waals surface area contributed by atoms with Crippen molar-refractivity contribution in [1.82, 2.24) is 10.6 Å².